The minimum absolute atomic E-state index is 0.00954. The Morgan fingerprint density at radius 1 is 0.974 bits per heavy atom. The smallest absolute Gasteiger partial charge is 0.303 e. The summed E-state index contributed by atoms with van der Waals surface area (Å²) in [7, 11) is 0. The molecule has 1 amide bonds. The molecule has 1 heterocycles. The number of thiophene rings is 1. The summed E-state index contributed by atoms with van der Waals surface area (Å²) in [6.07, 6.45) is 3.61. The highest BCUT2D eigenvalue weighted by atomic mass is 32.1. The van der Waals surface area contributed by atoms with Crippen LogP contribution < -0.4 is 14.8 Å². The van der Waals surface area contributed by atoms with Crippen molar-refractivity contribution in [1.29, 1.82) is 0 Å². The molecule has 0 spiro atoms. The highest BCUT2D eigenvalue weighted by Crippen LogP contribution is 2.30. The van der Waals surface area contributed by atoms with Gasteiger partial charge in [0.1, 0.15) is 18.1 Å². The Hall–Kier alpha value is -3.85. The third kappa shape index (κ3) is 7.58. The van der Waals surface area contributed by atoms with Crippen LogP contribution >= 0.6 is 11.3 Å². The molecule has 1 aliphatic rings. The van der Waals surface area contributed by atoms with Crippen LogP contribution in [-0.2, 0) is 22.6 Å². The molecule has 2 aromatic carbocycles. The van der Waals surface area contributed by atoms with Gasteiger partial charge in [0, 0.05) is 30.0 Å². The van der Waals surface area contributed by atoms with E-state index in [1.807, 2.05) is 35.0 Å². The van der Waals surface area contributed by atoms with Crippen molar-refractivity contribution in [3.8, 4) is 22.6 Å². The second kappa shape index (κ2) is 13.1. The molecule has 4 rings (SSSR count). The number of carbonyl (C=O) groups excluding carboxylic acids is 1. The first kappa shape index (κ1) is 27.2. The highest BCUT2D eigenvalue weighted by molar-refractivity contribution is 7.08. The van der Waals surface area contributed by atoms with E-state index in [2.05, 4.69) is 5.32 Å². The summed E-state index contributed by atoms with van der Waals surface area (Å²) in [6.45, 7) is 0.358. The van der Waals surface area contributed by atoms with Gasteiger partial charge in [0.15, 0.2) is 0 Å². The van der Waals surface area contributed by atoms with Crippen molar-refractivity contribution in [2.75, 3.05) is 6.61 Å². The van der Waals surface area contributed by atoms with Gasteiger partial charge in [-0.15, -0.1) is 0 Å². The topological polar surface area (TPSA) is 122 Å². The Morgan fingerprint density at radius 3 is 2.47 bits per heavy atom. The molecular formula is C29H31NO7S. The van der Waals surface area contributed by atoms with E-state index in [4.69, 9.17) is 14.6 Å². The molecule has 0 aliphatic heterocycles. The number of nitrogens with one attached hydrogen (secondary N) is 1. The van der Waals surface area contributed by atoms with Crippen LogP contribution in [0.2, 0.25) is 0 Å². The van der Waals surface area contributed by atoms with Crippen molar-refractivity contribution in [3.63, 3.8) is 0 Å². The molecule has 200 valence electrons. The molecule has 1 aliphatic carbocycles. The van der Waals surface area contributed by atoms with Crippen LogP contribution in [0.4, 0.5) is 0 Å². The molecular weight excluding hydrogens is 506 g/mol. The molecule has 1 aromatic heterocycles. The zero-order valence-electron chi connectivity index (χ0n) is 21.0. The van der Waals surface area contributed by atoms with Crippen LogP contribution in [0.15, 0.2) is 53.2 Å². The first-order valence-corrected chi connectivity index (χ1v) is 13.6. The predicted molar refractivity (Wildman–Crippen MR) is 144 cm³/mol. The standard InChI is InChI=1S/C29H31NO7S/c31-27(32)8-3-12-36-26-7-1-4-19(25(26)9-10-28(33)34)17-37-24-15-21(20-11-13-38-18-20)14-22(16-24)29(35)30-23-5-2-6-23/h1,4,7,11,13-16,18,23H,2-3,5-6,8-10,12,17H2,(H,30,35)(H,31,32)(H,33,34). The van der Waals surface area contributed by atoms with Crippen molar-refractivity contribution in [3.05, 3.63) is 69.9 Å². The summed E-state index contributed by atoms with van der Waals surface area (Å²) in [6, 6.07) is 13.1. The largest absolute Gasteiger partial charge is 0.493 e. The van der Waals surface area contributed by atoms with Crippen molar-refractivity contribution >= 4 is 29.2 Å². The molecule has 3 aromatic rings. The highest BCUT2D eigenvalue weighted by Gasteiger charge is 2.21. The van der Waals surface area contributed by atoms with Gasteiger partial charge < -0.3 is 25.0 Å². The lowest BCUT2D eigenvalue weighted by Gasteiger charge is -2.26. The van der Waals surface area contributed by atoms with E-state index < -0.39 is 11.9 Å². The molecule has 0 atom stereocenters. The normalized spacial score (nSPS) is 12.9. The number of carbonyl (C=O) groups is 3. The minimum Gasteiger partial charge on any atom is -0.493 e. The summed E-state index contributed by atoms with van der Waals surface area (Å²) < 4.78 is 12.0. The molecule has 1 fully saturated rings. The Balaban J connectivity index is 1.54. The number of ether oxygens (including phenoxy) is 2. The maximum Gasteiger partial charge on any atom is 0.303 e. The molecule has 1 saturated carbocycles. The second-order valence-corrected chi connectivity index (χ2v) is 10.1. The zero-order chi connectivity index (χ0) is 26.9. The molecule has 0 radical (unpaired) electrons. The van der Waals surface area contributed by atoms with Crippen LogP contribution in [0.3, 0.4) is 0 Å². The van der Waals surface area contributed by atoms with Crippen molar-refractivity contribution < 1.29 is 34.1 Å². The van der Waals surface area contributed by atoms with Crippen molar-refractivity contribution in [1.82, 2.24) is 5.32 Å². The SMILES string of the molecule is O=C(O)CCCOc1cccc(COc2cc(C(=O)NC3CCC3)cc(-c3ccsc3)c2)c1CCC(=O)O. The van der Waals surface area contributed by atoms with Crippen LogP contribution in [0.5, 0.6) is 11.5 Å². The molecule has 0 saturated heterocycles. The van der Waals surface area contributed by atoms with Gasteiger partial charge in [-0.3, -0.25) is 14.4 Å². The van der Waals surface area contributed by atoms with E-state index in [-0.39, 0.29) is 44.4 Å². The summed E-state index contributed by atoms with van der Waals surface area (Å²) >= 11 is 1.57. The fourth-order valence-electron chi connectivity index (χ4n) is 4.19. The van der Waals surface area contributed by atoms with Gasteiger partial charge in [-0.05, 0) is 89.9 Å². The molecule has 9 heteroatoms. The van der Waals surface area contributed by atoms with Crippen LogP contribution in [0.1, 0.15) is 60.0 Å². The summed E-state index contributed by atoms with van der Waals surface area (Å²) in [5.41, 5.74) is 3.88. The second-order valence-electron chi connectivity index (χ2n) is 9.28. The van der Waals surface area contributed by atoms with E-state index in [0.717, 1.165) is 36.0 Å². The van der Waals surface area contributed by atoms with E-state index in [0.29, 0.717) is 29.0 Å². The summed E-state index contributed by atoms with van der Waals surface area (Å²) in [5, 5.41) is 25.2. The number of carboxylic acid groups (broad SMARTS) is 2. The monoisotopic (exact) mass is 537 g/mol. The van der Waals surface area contributed by atoms with E-state index >= 15 is 0 Å². The van der Waals surface area contributed by atoms with Gasteiger partial charge in [-0.25, -0.2) is 0 Å². The molecule has 8 nitrogen and oxygen atoms in total. The number of aliphatic carboxylic acids is 2. The van der Waals surface area contributed by atoms with Crippen LogP contribution in [0, 0.1) is 0 Å². The Labute approximate surface area is 225 Å². The van der Waals surface area contributed by atoms with Gasteiger partial charge in [-0.2, -0.15) is 11.3 Å². The lowest BCUT2D eigenvalue weighted by Crippen LogP contribution is -2.39. The maximum atomic E-state index is 12.9. The van der Waals surface area contributed by atoms with E-state index in [1.54, 1.807) is 29.5 Å². The average Bonchev–Trinajstić information content (AvgIpc) is 3.41. The van der Waals surface area contributed by atoms with Gasteiger partial charge in [0.2, 0.25) is 0 Å². The van der Waals surface area contributed by atoms with Gasteiger partial charge in [0.05, 0.1) is 6.61 Å². The molecule has 3 N–H and O–H groups in total. The third-order valence-corrected chi connectivity index (χ3v) is 7.15. The van der Waals surface area contributed by atoms with Crippen molar-refractivity contribution in [2.45, 2.75) is 57.6 Å². The summed E-state index contributed by atoms with van der Waals surface area (Å²) in [5.74, 6) is -0.902. The molecule has 0 unspecified atom stereocenters. The molecule has 38 heavy (non-hydrogen) atoms. The summed E-state index contributed by atoms with van der Waals surface area (Å²) in [4.78, 5) is 35.0. The third-order valence-electron chi connectivity index (χ3n) is 6.47. The Morgan fingerprint density at radius 2 is 1.79 bits per heavy atom. The number of benzene rings is 2. The van der Waals surface area contributed by atoms with Crippen LogP contribution in [0.25, 0.3) is 11.1 Å². The number of rotatable bonds is 14. The quantitative estimate of drug-likeness (QED) is 0.231. The first-order chi connectivity index (χ1) is 18.4. The van der Waals surface area contributed by atoms with Crippen LogP contribution in [-0.4, -0.2) is 40.7 Å². The fraction of sp³-hybridized carbons (Fsp3) is 0.345. The van der Waals surface area contributed by atoms with Gasteiger partial charge in [0.25, 0.3) is 5.91 Å². The lowest BCUT2D eigenvalue weighted by molar-refractivity contribution is -0.138. The van der Waals surface area contributed by atoms with Crippen molar-refractivity contribution in [2.24, 2.45) is 0 Å². The maximum absolute atomic E-state index is 12.9. The van der Waals surface area contributed by atoms with Gasteiger partial charge in [-0.1, -0.05) is 12.1 Å². The molecule has 0 bridgehead atoms. The number of carboxylic acids is 2. The first-order valence-electron chi connectivity index (χ1n) is 12.7. The van der Waals surface area contributed by atoms with E-state index in [1.165, 1.54) is 0 Å². The van der Waals surface area contributed by atoms with E-state index in [9.17, 15) is 19.5 Å². The minimum atomic E-state index is -0.928. The number of hydrogen-bond donors (Lipinski definition) is 3. The lowest BCUT2D eigenvalue weighted by atomic mass is 9.93. The Kier molecular flexibility index (Phi) is 9.37. The predicted octanol–water partition coefficient (Wildman–Crippen LogP) is 5.54. The number of amides is 1. The fourth-order valence-corrected chi connectivity index (χ4v) is 4.86. The average molecular weight is 538 g/mol. The Bertz CT molecular complexity index is 1270. The zero-order valence-corrected chi connectivity index (χ0v) is 21.8. The van der Waals surface area contributed by atoms with Gasteiger partial charge >= 0.3 is 11.9 Å². The number of hydrogen-bond acceptors (Lipinski definition) is 6.